The number of halogens is 1. The van der Waals surface area contributed by atoms with Crippen LogP contribution in [0.15, 0.2) is 18.2 Å². The largest absolute Gasteiger partial charge is 0.325 e. The molecule has 0 aliphatic rings. The molecule has 1 aromatic rings. The standard InChI is InChI=1S/C12H18N2O.ClH/c1-4-11(13)12(15)14-10-6-5-8(2)9(3)7-10;/h5-7,11H,4,13H2,1-3H3,(H,14,15);1H/t11-;/m0./s1. The molecule has 0 heterocycles. The van der Waals surface area contributed by atoms with Gasteiger partial charge in [0.15, 0.2) is 0 Å². The zero-order valence-electron chi connectivity index (χ0n) is 9.91. The summed E-state index contributed by atoms with van der Waals surface area (Å²) in [5.41, 5.74) is 8.81. The number of nitrogens with one attached hydrogen (secondary N) is 1. The zero-order valence-corrected chi connectivity index (χ0v) is 10.7. The Kier molecular flexibility index (Phi) is 6.08. The van der Waals surface area contributed by atoms with Gasteiger partial charge in [0.1, 0.15) is 0 Å². The van der Waals surface area contributed by atoms with Crippen molar-refractivity contribution in [2.24, 2.45) is 5.73 Å². The van der Waals surface area contributed by atoms with Gasteiger partial charge in [-0.2, -0.15) is 0 Å². The van der Waals surface area contributed by atoms with Gasteiger partial charge in [-0.3, -0.25) is 4.79 Å². The second kappa shape index (κ2) is 6.51. The van der Waals surface area contributed by atoms with Crippen LogP contribution in [0.2, 0.25) is 0 Å². The second-order valence-corrected chi connectivity index (χ2v) is 3.80. The number of hydrogen-bond acceptors (Lipinski definition) is 2. The first-order valence-electron chi connectivity index (χ1n) is 5.18. The van der Waals surface area contributed by atoms with E-state index < -0.39 is 6.04 Å². The lowest BCUT2D eigenvalue weighted by Crippen LogP contribution is -2.34. The molecule has 16 heavy (non-hydrogen) atoms. The van der Waals surface area contributed by atoms with Crippen molar-refractivity contribution in [1.29, 1.82) is 0 Å². The minimum atomic E-state index is -0.424. The Balaban J connectivity index is 0.00000225. The van der Waals surface area contributed by atoms with Crippen LogP contribution in [0.4, 0.5) is 5.69 Å². The fraction of sp³-hybridized carbons (Fsp3) is 0.417. The monoisotopic (exact) mass is 242 g/mol. The summed E-state index contributed by atoms with van der Waals surface area (Å²) in [7, 11) is 0. The number of aryl methyl sites for hydroxylation is 2. The predicted molar refractivity (Wildman–Crippen MR) is 70.1 cm³/mol. The highest BCUT2D eigenvalue weighted by Gasteiger charge is 2.10. The average Bonchev–Trinajstić information content (AvgIpc) is 2.22. The van der Waals surface area contributed by atoms with Crippen molar-refractivity contribution in [2.75, 3.05) is 5.32 Å². The number of carbonyl (C=O) groups excluding carboxylic acids is 1. The Bertz CT molecular complexity index is 366. The van der Waals surface area contributed by atoms with Gasteiger partial charge in [-0.05, 0) is 43.5 Å². The number of benzene rings is 1. The van der Waals surface area contributed by atoms with Crippen LogP contribution in [0.5, 0.6) is 0 Å². The minimum Gasteiger partial charge on any atom is -0.325 e. The van der Waals surface area contributed by atoms with Crippen LogP contribution < -0.4 is 11.1 Å². The molecular formula is C12H19ClN2O. The van der Waals surface area contributed by atoms with Gasteiger partial charge in [0.25, 0.3) is 0 Å². The van der Waals surface area contributed by atoms with E-state index in [0.717, 1.165) is 11.3 Å². The van der Waals surface area contributed by atoms with E-state index in [1.165, 1.54) is 5.56 Å². The van der Waals surface area contributed by atoms with Crippen LogP contribution in [0.3, 0.4) is 0 Å². The Labute approximate surface area is 103 Å². The highest BCUT2D eigenvalue weighted by molar-refractivity contribution is 5.94. The molecule has 0 aliphatic heterocycles. The molecule has 0 bridgehead atoms. The van der Waals surface area contributed by atoms with Gasteiger partial charge < -0.3 is 11.1 Å². The first-order chi connectivity index (χ1) is 7.04. The summed E-state index contributed by atoms with van der Waals surface area (Å²) in [6.07, 6.45) is 0.649. The highest BCUT2D eigenvalue weighted by Crippen LogP contribution is 2.14. The van der Waals surface area contributed by atoms with Gasteiger partial charge in [0.2, 0.25) is 5.91 Å². The van der Waals surface area contributed by atoms with Crippen LogP contribution >= 0.6 is 12.4 Å². The summed E-state index contributed by atoms with van der Waals surface area (Å²) in [6.45, 7) is 5.95. The van der Waals surface area contributed by atoms with Crippen LogP contribution in [-0.4, -0.2) is 11.9 Å². The molecule has 0 radical (unpaired) electrons. The lowest BCUT2D eigenvalue weighted by Gasteiger charge is -2.11. The van der Waals surface area contributed by atoms with Crippen molar-refractivity contribution in [1.82, 2.24) is 0 Å². The maximum absolute atomic E-state index is 11.5. The van der Waals surface area contributed by atoms with Gasteiger partial charge in [-0.1, -0.05) is 13.0 Å². The molecule has 0 spiro atoms. The molecule has 1 rings (SSSR count). The zero-order chi connectivity index (χ0) is 11.4. The summed E-state index contributed by atoms with van der Waals surface area (Å²) in [4.78, 5) is 11.5. The minimum absolute atomic E-state index is 0. The molecule has 4 heteroatoms. The molecule has 0 unspecified atom stereocenters. The fourth-order valence-corrected chi connectivity index (χ4v) is 1.24. The van der Waals surface area contributed by atoms with Gasteiger partial charge in [-0.25, -0.2) is 0 Å². The van der Waals surface area contributed by atoms with Crippen molar-refractivity contribution in [3.05, 3.63) is 29.3 Å². The highest BCUT2D eigenvalue weighted by atomic mass is 35.5. The Hall–Kier alpha value is -1.06. The van der Waals surface area contributed by atoms with Crippen molar-refractivity contribution in [3.63, 3.8) is 0 Å². The fourth-order valence-electron chi connectivity index (χ4n) is 1.24. The third-order valence-corrected chi connectivity index (χ3v) is 2.55. The second-order valence-electron chi connectivity index (χ2n) is 3.80. The van der Waals surface area contributed by atoms with Crippen LogP contribution in [-0.2, 0) is 4.79 Å². The van der Waals surface area contributed by atoms with Crippen molar-refractivity contribution < 1.29 is 4.79 Å². The molecule has 0 saturated carbocycles. The van der Waals surface area contributed by atoms with Crippen LogP contribution in [0.1, 0.15) is 24.5 Å². The maximum Gasteiger partial charge on any atom is 0.241 e. The smallest absolute Gasteiger partial charge is 0.241 e. The molecule has 3 nitrogen and oxygen atoms in total. The third kappa shape index (κ3) is 3.83. The third-order valence-electron chi connectivity index (χ3n) is 2.55. The van der Waals surface area contributed by atoms with Gasteiger partial charge in [0.05, 0.1) is 6.04 Å². The van der Waals surface area contributed by atoms with Crippen molar-refractivity contribution >= 4 is 24.0 Å². The van der Waals surface area contributed by atoms with E-state index in [1.54, 1.807) is 0 Å². The van der Waals surface area contributed by atoms with E-state index in [2.05, 4.69) is 5.32 Å². The molecule has 0 aliphatic carbocycles. The number of amides is 1. The molecule has 90 valence electrons. The number of nitrogens with two attached hydrogens (primary N) is 1. The summed E-state index contributed by atoms with van der Waals surface area (Å²) in [5.74, 6) is -0.124. The van der Waals surface area contributed by atoms with Gasteiger partial charge >= 0.3 is 0 Å². The van der Waals surface area contributed by atoms with Crippen LogP contribution in [0.25, 0.3) is 0 Å². The Morgan fingerprint density at radius 3 is 2.50 bits per heavy atom. The SMILES string of the molecule is CC[C@H](N)C(=O)Nc1ccc(C)c(C)c1.Cl. The first kappa shape index (κ1) is 14.9. The summed E-state index contributed by atoms with van der Waals surface area (Å²) >= 11 is 0. The van der Waals surface area contributed by atoms with Crippen molar-refractivity contribution in [3.8, 4) is 0 Å². The molecule has 0 saturated heterocycles. The first-order valence-corrected chi connectivity index (χ1v) is 5.18. The molecule has 1 atom stereocenters. The van der Waals surface area contributed by atoms with E-state index in [-0.39, 0.29) is 18.3 Å². The number of anilines is 1. The summed E-state index contributed by atoms with van der Waals surface area (Å²) in [5, 5.41) is 2.80. The molecule has 3 N–H and O–H groups in total. The quantitative estimate of drug-likeness (QED) is 0.855. The van der Waals surface area contributed by atoms with E-state index in [1.807, 2.05) is 39.0 Å². The summed E-state index contributed by atoms with van der Waals surface area (Å²) in [6, 6.07) is 5.41. The average molecular weight is 243 g/mol. The lowest BCUT2D eigenvalue weighted by atomic mass is 10.1. The molecule has 0 fully saturated rings. The Morgan fingerprint density at radius 1 is 1.38 bits per heavy atom. The summed E-state index contributed by atoms with van der Waals surface area (Å²) < 4.78 is 0. The van der Waals surface area contributed by atoms with Gasteiger partial charge in [0, 0.05) is 5.69 Å². The van der Waals surface area contributed by atoms with Crippen molar-refractivity contribution in [2.45, 2.75) is 33.2 Å². The Morgan fingerprint density at radius 2 is 2.00 bits per heavy atom. The normalized spacial score (nSPS) is 11.5. The molecule has 1 amide bonds. The predicted octanol–water partition coefficient (Wildman–Crippen LogP) is 2.40. The molecule has 0 aromatic heterocycles. The van der Waals surface area contributed by atoms with E-state index >= 15 is 0 Å². The number of hydrogen-bond donors (Lipinski definition) is 2. The number of carbonyl (C=O) groups is 1. The topological polar surface area (TPSA) is 55.1 Å². The van der Waals surface area contributed by atoms with E-state index in [9.17, 15) is 4.79 Å². The molecule has 1 aromatic carbocycles. The maximum atomic E-state index is 11.5. The van der Waals surface area contributed by atoms with Crippen LogP contribution in [0, 0.1) is 13.8 Å². The van der Waals surface area contributed by atoms with E-state index in [4.69, 9.17) is 5.73 Å². The van der Waals surface area contributed by atoms with Gasteiger partial charge in [-0.15, -0.1) is 12.4 Å². The lowest BCUT2D eigenvalue weighted by molar-refractivity contribution is -0.117. The van der Waals surface area contributed by atoms with E-state index in [0.29, 0.717) is 6.42 Å². The number of rotatable bonds is 3. The molecular weight excluding hydrogens is 224 g/mol.